The quantitative estimate of drug-likeness (QED) is 0.606. The molecule has 0 heteroatoms. The van der Waals surface area contributed by atoms with Crippen molar-refractivity contribution in [3.05, 3.63) is 53.6 Å². The number of rotatable bonds is 2. The molecule has 1 aromatic rings. The second kappa shape index (κ2) is 4.35. The maximum Gasteiger partial charge on any atom is 0.0205 e. The van der Waals surface area contributed by atoms with Crippen LogP contribution in [-0.2, 0) is 5.41 Å². The fraction of sp³-hybridized carbons (Fsp3) is 0.500. The Morgan fingerprint density at radius 3 is 2.80 bits per heavy atom. The Morgan fingerprint density at radius 2 is 2.05 bits per heavy atom. The van der Waals surface area contributed by atoms with Gasteiger partial charge in [0.1, 0.15) is 0 Å². The van der Waals surface area contributed by atoms with Crippen molar-refractivity contribution in [1.82, 2.24) is 0 Å². The molecule has 2 atom stereocenters. The van der Waals surface area contributed by atoms with Gasteiger partial charge >= 0.3 is 0 Å². The topological polar surface area (TPSA) is 0 Å². The fourth-order valence-electron chi connectivity index (χ4n) is 4.66. The van der Waals surface area contributed by atoms with Crippen molar-refractivity contribution >= 4 is 5.57 Å². The summed E-state index contributed by atoms with van der Waals surface area (Å²) in [5, 5.41) is 0. The summed E-state index contributed by atoms with van der Waals surface area (Å²) in [6.45, 7) is 6.42. The maximum atomic E-state index is 4.13. The highest BCUT2D eigenvalue weighted by Gasteiger charge is 2.55. The highest BCUT2D eigenvalue weighted by molar-refractivity contribution is 5.79. The predicted molar refractivity (Wildman–Crippen MR) is 87.8 cm³/mol. The van der Waals surface area contributed by atoms with Crippen LogP contribution in [0, 0.1) is 18.8 Å². The Kier molecular flexibility index (Phi) is 2.70. The summed E-state index contributed by atoms with van der Waals surface area (Å²) in [6, 6.07) is 6.88. The van der Waals surface area contributed by atoms with Crippen molar-refractivity contribution in [3.63, 3.8) is 0 Å². The molecule has 0 saturated heterocycles. The van der Waals surface area contributed by atoms with E-state index >= 15 is 0 Å². The average molecular weight is 266 g/mol. The van der Waals surface area contributed by atoms with Crippen molar-refractivity contribution in [3.8, 4) is 0 Å². The lowest BCUT2D eigenvalue weighted by Gasteiger charge is -2.32. The van der Waals surface area contributed by atoms with E-state index in [4.69, 9.17) is 0 Å². The predicted octanol–water partition coefficient (Wildman–Crippen LogP) is 5.66. The first-order valence-corrected chi connectivity index (χ1v) is 8.22. The largest absolute Gasteiger partial charge is 0.102 e. The number of allylic oxidation sites excluding steroid dienone is 3. The molecular formula is C20H26. The first-order chi connectivity index (χ1) is 9.76. The second-order valence-electron chi connectivity index (χ2n) is 7.01. The van der Waals surface area contributed by atoms with Gasteiger partial charge < -0.3 is 0 Å². The van der Waals surface area contributed by atoms with Gasteiger partial charge in [0.05, 0.1) is 0 Å². The summed E-state index contributed by atoms with van der Waals surface area (Å²) in [7, 11) is 0. The smallest absolute Gasteiger partial charge is 0.0205 e. The van der Waals surface area contributed by atoms with Crippen molar-refractivity contribution in [2.24, 2.45) is 11.8 Å². The monoisotopic (exact) mass is 266 g/mol. The van der Waals surface area contributed by atoms with E-state index in [9.17, 15) is 0 Å². The zero-order chi connectivity index (χ0) is 13.7. The third-order valence-electron chi connectivity index (χ3n) is 5.91. The molecule has 0 aliphatic heterocycles. The van der Waals surface area contributed by atoms with Crippen LogP contribution in [0.1, 0.15) is 56.6 Å². The van der Waals surface area contributed by atoms with Gasteiger partial charge in [-0.15, -0.1) is 6.58 Å². The first kappa shape index (κ1) is 12.4. The van der Waals surface area contributed by atoms with E-state index in [-0.39, 0.29) is 6.84 Å². The molecular weight excluding hydrogens is 240 g/mol. The summed E-state index contributed by atoms with van der Waals surface area (Å²) >= 11 is 0. The number of aryl methyl sites for hydroxylation is 1. The van der Waals surface area contributed by atoms with E-state index in [2.05, 4.69) is 43.9 Å². The summed E-state index contributed by atoms with van der Waals surface area (Å²) < 4.78 is 0. The van der Waals surface area contributed by atoms with Gasteiger partial charge in [-0.25, -0.2) is 0 Å². The number of hydrogen-bond donors (Lipinski definition) is 0. The minimum Gasteiger partial charge on any atom is -0.102 e. The lowest BCUT2D eigenvalue weighted by molar-refractivity contribution is 0.427. The van der Waals surface area contributed by atoms with Crippen LogP contribution in [0.3, 0.4) is 0 Å². The molecule has 2 fully saturated rings. The Labute approximate surface area is 124 Å². The standard InChI is InChI=1S/C20H24.H2/c1-3-20-13-16(20)12-17(15-9-5-4-6-10-15)19-14(2)8-7-11-18(19)20;/h3,7-8,11-12,15-16H,1,4-6,9-10,13H2,2H3;1H. The van der Waals surface area contributed by atoms with Crippen LogP contribution in [0.2, 0.25) is 0 Å². The SMILES string of the molecule is C=CC12CC1C=C(C1CCCCC1)c1c(C)cccc12.[HH]. The third kappa shape index (κ3) is 1.60. The molecule has 0 nitrogen and oxygen atoms in total. The van der Waals surface area contributed by atoms with E-state index in [1.165, 1.54) is 44.1 Å². The summed E-state index contributed by atoms with van der Waals surface area (Å²) in [6.07, 6.45) is 13.2. The normalized spacial score (nSPS) is 32.0. The summed E-state index contributed by atoms with van der Waals surface area (Å²) in [5.74, 6) is 1.54. The van der Waals surface area contributed by atoms with Crippen LogP contribution in [0.25, 0.3) is 5.57 Å². The Balaban J connectivity index is 0.00000132. The van der Waals surface area contributed by atoms with Gasteiger partial charge in [0, 0.05) is 6.84 Å². The van der Waals surface area contributed by atoms with Crippen molar-refractivity contribution in [2.75, 3.05) is 0 Å². The van der Waals surface area contributed by atoms with Crippen LogP contribution in [0.15, 0.2) is 36.9 Å². The molecule has 3 aliphatic rings. The molecule has 0 amide bonds. The zero-order valence-corrected chi connectivity index (χ0v) is 12.5. The van der Waals surface area contributed by atoms with Crippen LogP contribution in [0.5, 0.6) is 0 Å². The molecule has 0 bridgehead atoms. The lowest BCUT2D eigenvalue weighted by Crippen LogP contribution is -2.19. The maximum absolute atomic E-state index is 4.13. The Hall–Kier alpha value is -1.30. The molecule has 0 aromatic heterocycles. The second-order valence-corrected chi connectivity index (χ2v) is 7.01. The molecule has 0 N–H and O–H groups in total. The molecule has 2 saturated carbocycles. The van der Waals surface area contributed by atoms with Crippen molar-refractivity contribution in [2.45, 2.75) is 50.9 Å². The van der Waals surface area contributed by atoms with E-state index in [0.717, 1.165) is 11.8 Å². The zero-order valence-electron chi connectivity index (χ0n) is 12.5. The van der Waals surface area contributed by atoms with Crippen molar-refractivity contribution in [1.29, 1.82) is 0 Å². The van der Waals surface area contributed by atoms with E-state index < -0.39 is 0 Å². The van der Waals surface area contributed by atoms with Crippen molar-refractivity contribution < 1.29 is 1.43 Å². The molecule has 106 valence electrons. The number of benzene rings is 1. The van der Waals surface area contributed by atoms with E-state index in [1.807, 2.05) is 0 Å². The highest BCUT2D eigenvalue weighted by atomic mass is 14.6. The van der Waals surface area contributed by atoms with Crippen LogP contribution in [-0.4, -0.2) is 0 Å². The molecule has 0 heterocycles. The molecule has 0 radical (unpaired) electrons. The Morgan fingerprint density at radius 1 is 1.25 bits per heavy atom. The van der Waals surface area contributed by atoms with Gasteiger partial charge in [0.15, 0.2) is 0 Å². The van der Waals surface area contributed by atoms with Gasteiger partial charge in [-0.05, 0) is 60.3 Å². The van der Waals surface area contributed by atoms with Gasteiger partial charge in [-0.3, -0.25) is 0 Å². The number of fused-ring (bicyclic) bond motifs is 3. The third-order valence-corrected chi connectivity index (χ3v) is 5.91. The average Bonchev–Trinajstić information content (AvgIpc) is 3.23. The van der Waals surface area contributed by atoms with Gasteiger partial charge in [-0.1, -0.05) is 49.6 Å². The minimum absolute atomic E-state index is 0. The molecule has 3 aliphatic carbocycles. The molecule has 2 unspecified atom stereocenters. The fourth-order valence-corrected chi connectivity index (χ4v) is 4.66. The van der Waals surface area contributed by atoms with Gasteiger partial charge in [-0.2, -0.15) is 0 Å². The van der Waals surface area contributed by atoms with Crippen LogP contribution >= 0.6 is 0 Å². The van der Waals surface area contributed by atoms with E-state index in [0.29, 0.717) is 0 Å². The Bertz CT molecular complexity index is 592. The molecule has 1 aromatic carbocycles. The molecule has 20 heavy (non-hydrogen) atoms. The lowest BCUT2D eigenvalue weighted by atomic mass is 9.73. The minimum atomic E-state index is 0. The van der Waals surface area contributed by atoms with Gasteiger partial charge in [0.2, 0.25) is 0 Å². The first-order valence-electron chi connectivity index (χ1n) is 8.22. The highest BCUT2D eigenvalue weighted by Crippen LogP contribution is 2.62. The van der Waals surface area contributed by atoms with E-state index in [1.54, 1.807) is 16.7 Å². The van der Waals surface area contributed by atoms with Crippen LogP contribution < -0.4 is 0 Å². The molecule has 4 rings (SSSR count). The summed E-state index contributed by atoms with van der Waals surface area (Å²) in [5.41, 5.74) is 6.57. The number of hydrogen-bond acceptors (Lipinski definition) is 0. The van der Waals surface area contributed by atoms with Gasteiger partial charge in [0.25, 0.3) is 0 Å². The van der Waals surface area contributed by atoms with Crippen LogP contribution in [0.4, 0.5) is 0 Å². The molecule has 0 spiro atoms. The summed E-state index contributed by atoms with van der Waals surface area (Å²) in [4.78, 5) is 0.